The molecule has 27 heavy (non-hydrogen) atoms. The molecule has 2 rings (SSSR count). The van der Waals surface area contributed by atoms with E-state index in [9.17, 15) is 13.2 Å². The number of amides is 1. The van der Waals surface area contributed by atoms with Crippen molar-refractivity contribution in [3.05, 3.63) is 59.7 Å². The molecule has 0 radical (unpaired) electrons. The van der Waals surface area contributed by atoms with Crippen LogP contribution in [0.3, 0.4) is 0 Å². The summed E-state index contributed by atoms with van der Waals surface area (Å²) in [5.74, 6) is 0.156. The number of hydrogen-bond acceptors (Lipinski definition) is 3. The minimum absolute atomic E-state index is 0.166. The molecule has 6 heteroatoms. The van der Waals surface area contributed by atoms with Crippen LogP contribution in [0.4, 0.5) is 5.69 Å². The van der Waals surface area contributed by atoms with E-state index < -0.39 is 10.0 Å². The first-order valence-electron chi connectivity index (χ1n) is 9.13. The predicted octanol–water partition coefficient (Wildman–Crippen LogP) is 3.66. The summed E-state index contributed by atoms with van der Waals surface area (Å²) in [5.41, 5.74) is 2.38. The van der Waals surface area contributed by atoms with Gasteiger partial charge in [0.05, 0.1) is 10.6 Å². The molecule has 146 valence electrons. The third-order valence-electron chi connectivity index (χ3n) is 4.16. The van der Waals surface area contributed by atoms with E-state index in [1.165, 1.54) is 4.31 Å². The molecular weight excluding hydrogens is 360 g/mol. The van der Waals surface area contributed by atoms with Crippen molar-refractivity contribution < 1.29 is 13.2 Å². The van der Waals surface area contributed by atoms with Gasteiger partial charge in [-0.05, 0) is 61.6 Å². The molecule has 0 saturated heterocycles. The average molecular weight is 389 g/mol. The quantitative estimate of drug-likeness (QED) is 0.750. The first-order valence-corrected chi connectivity index (χ1v) is 10.6. The van der Waals surface area contributed by atoms with Gasteiger partial charge in [0.25, 0.3) is 10.0 Å². The van der Waals surface area contributed by atoms with E-state index in [0.29, 0.717) is 18.2 Å². The number of anilines is 1. The highest BCUT2D eigenvalue weighted by Gasteiger charge is 2.27. The lowest BCUT2D eigenvalue weighted by Crippen LogP contribution is -2.41. The number of rotatable bonds is 8. The second-order valence-corrected chi connectivity index (χ2v) is 9.07. The van der Waals surface area contributed by atoms with Gasteiger partial charge in [0.15, 0.2) is 0 Å². The van der Waals surface area contributed by atoms with Gasteiger partial charge < -0.3 is 5.32 Å². The molecule has 0 aliphatic heterocycles. The number of nitrogens with zero attached hydrogens (tertiary/aromatic N) is 1. The third-order valence-corrected chi connectivity index (χ3v) is 5.94. The third kappa shape index (κ3) is 5.82. The highest BCUT2D eigenvalue weighted by atomic mass is 32.2. The molecule has 0 spiro atoms. The normalized spacial score (nSPS) is 11.4. The Labute approximate surface area is 162 Å². The smallest absolute Gasteiger partial charge is 0.264 e. The van der Waals surface area contributed by atoms with Crippen molar-refractivity contribution >= 4 is 21.6 Å². The SMILES string of the molecule is Cc1cc(C)cc(N(CC(=O)NCCC(C)C)S(=O)(=O)c2ccccc2)c1. The molecule has 0 saturated carbocycles. The molecule has 1 amide bonds. The lowest BCUT2D eigenvalue weighted by molar-refractivity contribution is -0.119. The lowest BCUT2D eigenvalue weighted by Gasteiger charge is -2.25. The van der Waals surface area contributed by atoms with Crippen LogP contribution in [0.2, 0.25) is 0 Å². The lowest BCUT2D eigenvalue weighted by atomic mass is 10.1. The van der Waals surface area contributed by atoms with Crippen molar-refractivity contribution in [2.24, 2.45) is 5.92 Å². The summed E-state index contributed by atoms with van der Waals surface area (Å²) in [4.78, 5) is 12.6. The fraction of sp³-hybridized carbons (Fsp3) is 0.381. The first kappa shape index (κ1) is 21.0. The molecule has 1 N–H and O–H groups in total. The summed E-state index contributed by atoms with van der Waals surface area (Å²) in [7, 11) is -3.85. The van der Waals surface area contributed by atoms with Crippen molar-refractivity contribution in [1.29, 1.82) is 0 Å². The number of benzene rings is 2. The summed E-state index contributed by atoms with van der Waals surface area (Å²) >= 11 is 0. The maximum Gasteiger partial charge on any atom is 0.264 e. The van der Waals surface area contributed by atoms with Gasteiger partial charge in [-0.15, -0.1) is 0 Å². The van der Waals surface area contributed by atoms with E-state index in [2.05, 4.69) is 19.2 Å². The number of nitrogens with one attached hydrogen (secondary N) is 1. The molecule has 2 aromatic rings. The van der Waals surface area contributed by atoms with Gasteiger partial charge in [-0.25, -0.2) is 8.42 Å². The van der Waals surface area contributed by atoms with Gasteiger partial charge in [-0.3, -0.25) is 9.10 Å². The Morgan fingerprint density at radius 2 is 1.63 bits per heavy atom. The molecule has 0 unspecified atom stereocenters. The minimum Gasteiger partial charge on any atom is -0.355 e. The predicted molar refractivity (Wildman–Crippen MR) is 109 cm³/mol. The van der Waals surface area contributed by atoms with E-state index in [4.69, 9.17) is 0 Å². The number of carbonyl (C=O) groups excluding carboxylic acids is 1. The molecule has 0 aromatic heterocycles. The number of carbonyl (C=O) groups is 1. The second kappa shape index (κ2) is 9.04. The van der Waals surface area contributed by atoms with Crippen LogP contribution < -0.4 is 9.62 Å². The van der Waals surface area contributed by atoms with E-state index in [1.807, 2.05) is 19.9 Å². The van der Waals surface area contributed by atoms with Gasteiger partial charge in [0.1, 0.15) is 6.54 Å². The van der Waals surface area contributed by atoms with Crippen LogP contribution in [-0.4, -0.2) is 27.4 Å². The van der Waals surface area contributed by atoms with Crippen molar-refractivity contribution in [2.45, 2.75) is 39.0 Å². The van der Waals surface area contributed by atoms with Crippen LogP contribution >= 0.6 is 0 Å². The number of sulfonamides is 1. The first-order chi connectivity index (χ1) is 12.7. The van der Waals surface area contributed by atoms with Crippen LogP contribution in [-0.2, 0) is 14.8 Å². The van der Waals surface area contributed by atoms with Crippen LogP contribution in [0.1, 0.15) is 31.4 Å². The maximum absolute atomic E-state index is 13.2. The van der Waals surface area contributed by atoms with Gasteiger partial charge in [-0.2, -0.15) is 0 Å². The molecule has 0 aliphatic carbocycles. The van der Waals surface area contributed by atoms with Crippen LogP contribution in [0.5, 0.6) is 0 Å². The summed E-state index contributed by atoms with van der Waals surface area (Å²) in [5, 5.41) is 2.82. The molecular formula is C21H28N2O3S. The summed E-state index contributed by atoms with van der Waals surface area (Å²) in [6.45, 7) is 8.25. The van der Waals surface area contributed by atoms with Crippen molar-refractivity contribution in [3.8, 4) is 0 Å². The Morgan fingerprint density at radius 3 is 2.19 bits per heavy atom. The fourth-order valence-corrected chi connectivity index (χ4v) is 4.24. The van der Waals surface area contributed by atoms with E-state index in [1.54, 1.807) is 42.5 Å². The summed E-state index contributed by atoms with van der Waals surface area (Å²) < 4.78 is 27.6. The van der Waals surface area contributed by atoms with Crippen molar-refractivity contribution in [2.75, 3.05) is 17.4 Å². The topological polar surface area (TPSA) is 66.5 Å². The Kier molecular flexibility index (Phi) is 7.02. The Morgan fingerprint density at radius 1 is 1.04 bits per heavy atom. The largest absolute Gasteiger partial charge is 0.355 e. The monoisotopic (exact) mass is 388 g/mol. The van der Waals surface area contributed by atoms with E-state index in [-0.39, 0.29) is 17.3 Å². The summed E-state index contributed by atoms with van der Waals surface area (Å²) in [6.07, 6.45) is 0.848. The van der Waals surface area contributed by atoms with Crippen LogP contribution in [0, 0.1) is 19.8 Å². The zero-order chi connectivity index (χ0) is 20.0. The van der Waals surface area contributed by atoms with Crippen molar-refractivity contribution in [1.82, 2.24) is 5.32 Å². The van der Waals surface area contributed by atoms with Gasteiger partial charge in [-0.1, -0.05) is 38.1 Å². The molecule has 0 bridgehead atoms. The number of aryl methyl sites for hydroxylation is 2. The second-order valence-electron chi connectivity index (χ2n) is 7.20. The van der Waals surface area contributed by atoms with Crippen LogP contribution in [0.25, 0.3) is 0 Å². The molecule has 0 atom stereocenters. The highest BCUT2D eigenvalue weighted by Crippen LogP contribution is 2.25. The molecule has 0 fully saturated rings. The van der Waals surface area contributed by atoms with Crippen LogP contribution in [0.15, 0.2) is 53.4 Å². The van der Waals surface area contributed by atoms with Crippen molar-refractivity contribution in [3.63, 3.8) is 0 Å². The molecule has 0 aliphatic rings. The zero-order valence-corrected chi connectivity index (χ0v) is 17.2. The van der Waals surface area contributed by atoms with Gasteiger partial charge in [0, 0.05) is 6.54 Å². The molecule has 0 heterocycles. The van der Waals surface area contributed by atoms with E-state index >= 15 is 0 Å². The highest BCUT2D eigenvalue weighted by molar-refractivity contribution is 7.92. The molecule has 5 nitrogen and oxygen atoms in total. The average Bonchev–Trinajstić information content (AvgIpc) is 2.59. The maximum atomic E-state index is 13.2. The van der Waals surface area contributed by atoms with Gasteiger partial charge in [0.2, 0.25) is 5.91 Å². The summed E-state index contributed by atoms with van der Waals surface area (Å²) in [6, 6.07) is 13.7. The number of hydrogen-bond donors (Lipinski definition) is 1. The minimum atomic E-state index is -3.85. The van der Waals surface area contributed by atoms with E-state index in [0.717, 1.165) is 17.5 Å². The molecule has 2 aromatic carbocycles. The Balaban J connectivity index is 2.36. The van der Waals surface area contributed by atoms with Gasteiger partial charge >= 0.3 is 0 Å². The standard InChI is InChI=1S/C21H28N2O3S/c1-16(2)10-11-22-21(24)15-23(19-13-17(3)12-18(4)14-19)27(25,26)20-8-6-5-7-9-20/h5-9,12-14,16H,10-11,15H2,1-4H3,(H,22,24). The fourth-order valence-electron chi connectivity index (χ4n) is 2.82. The Bertz CT molecular complexity index is 857. The zero-order valence-electron chi connectivity index (χ0n) is 16.4. The Hall–Kier alpha value is -2.34.